The van der Waals surface area contributed by atoms with Crippen molar-refractivity contribution in [2.24, 2.45) is 5.92 Å². The van der Waals surface area contributed by atoms with E-state index in [0.717, 1.165) is 43.1 Å². The maximum Gasteiger partial charge on any atom is 0.228 e. The van der Waals surface area contributed by atoms with E-state index in [1.807, 2.05) is 49.4 Å². The van der Waals surface area contributed by atoms with Crippen molar-refractivity contribution in [3.05, 3.63) is 67.1 Å². The lowest BCUT2D eigenvalue weighted by molar-refractivity contribution is -0.120. The van der Waals surface area contributed by atoms with Crippen molar-refractivity contribution >= 4 is 17.5 Å². The van der Waals surface area contributed by atoms with Gasteiger partial charge in [0.05, 0.1) is 11.4 Å². The minimum atomic E-state index is -0.0673. The molecule has 1 aliphatic rings. The molecule has 0 bridgehead atoms. The van der Waals surface area contributed by atoms with Crippen LogP contribution in [0.3, 0.4) is 0 Å². The summed E-state index contributed by atoms with van der Waals surface area (Å²) in [6, 6.07) is 13.6. The fraction of sp³-hybridized carbons (Fsp3) is 0.273. The predicted octanol–water partition coefficient (Wildman–Crippen LogP) is 2.41. The van der Waals surface area contributed by atoms with Gasteiger partial charge in [-0.15, -0.1) is 0 Å². The third-order valence-corrected chi connectivity index (χ3v) is 5.56. The first-order chi connectivity index (χ1) is 15.7. The Labute approximate surface area is 184 Å². The Hall–Kier alpha value is -4.08. The Kier molecular flexibility index (Phi) is 5.32. The summed E-state index contributed by atoms with van der Waals surface area (Å²) < 4.78 is 3.37. The average molecular weight is 429 g/mol. The van der Waals surface area contributed by atoms with E-state index in [-0.39, 0.29) is 11.8 Å². The second-order valence-corrected chi connectivity index (χ2v) is 7.74. The Morgan fingerprint density at radius 2 is 1.81 bits per heavy atom. The Balaban J connectivity index is 1.24. The number of anilines is 2. The van der Waals surface area contributed by atoms with E-state index in [1.165, 1.54) is 12.7 Å². The maximum absolute atomic E-state index is 13.0. The summed E-state index contributed by atoms with van der Waals surface area (Å²) in [6.45, 7) is 3.40. The zero-order valence-corrected chi connectivity index (χ0v) is 17.7. The van der Waals surface area contributed by atoms with Gasteiger partial charge in [0.15, 0.2) is 5.82 Å². The van der Waals surface area contributed by atoms with E-state index in [2.05, 4.69) is 35.4 Å². The minimum Gasteiger partial charge on any atom is -0.356 e. The van der Waals surface area contributed by atoms with Crippen LogP contribution in [0.1, 0.15) is 18.5 Å². The third-order valence-electron chi connectivity index (χ3n) is 5.56. The lowest BCUT2D eigenvalue weighted by atomic mass is 9.96. The number of carbonyl (C=O) groups excluding carboxylic acids is 1. The van der Waals surface area contributed by atoms with Gasteiger partial charge in [-0.05, 0) is 31.9 Å². The number of hydrogen-bond acceptors (Lipinski definition) is 7. The quantitative estimate of drug-likeness (QED) is 0.519. The molecule has 4 aromatic rings. The zero-order valence-electron chi connectivity index (χ0n) is 17.7. The summed E-state index contributed by atoms with van der Waals surface area (Å²) in [6.07, 6.45) is 6.08. The van der Waals surface area contributed by atoms with Crippen LogP contribution in [-0.2, 0) is 4.79 Å². The van der Waals surface area contributed by atoms with Gasteiger partial charge in [-0.3, -0.25) is 4.79 Å². The molecule has 0 aliphatic carbocycles. The summed E-state index contributed by atoms with van der Waals surface area (Å²) in [5, 5.41) is 11.7. The fourth-order valence-corrected chi connectivity index (χ4v) is 3.92. The molecule has 3 aromatic heterocycles. The van der Waals surface area contributed by atoms with Crippen molar-refractivity contribution in [1.29, 1.82) is 0 Å². The molecule has 10 heteroatoms. The minimum absolute atomic E-state index is 0.0210. The van der Waals surface area contributed by atoms with Crippen LogP contribution in [0.15, 0.2) is 61.4 Å². The second-order valence-electron chi connectivity index (χ2n) is 7.74. The third kappa shape index (κ3) is 4.07. The number of piperidine rings is 1. The summed E-state index contributed by atoms with van der Waals surface area (Å²) in [7, 11) is 0. The summed E-state index contributed by atoms with van der Waals surface area (Å²) in [5.41, 5.74) is 1.77. The molecule has 4 heterocycles. The van der Waals surface area contributed by atoms with Gasteiger partial charge in [-0.1, -0.05) is 18.2 Å². The van der Waals surface area contributed by atoms with E-state index in [9.17, 15) is 4.79 Å². The topological polar surface area (TPSA) is 107 Å². The van der Waals surface area contributed by atoms with Crippen molar-refractivity contribution in [2.75, 3.05) is 23.3 Å². The molecular formula is C22H23N9O. The smallest absolute Gasteiger partial charge is 0.228 e. The van der Waals surface area contributed by atoms with Gasteiger partial charge in [-0.25, -0.2) is 24.3 Å². The van der Waals surface area contributed by atoms with E-state index in [1.54, 1.807) is 15.7 Å². The highest BCUT2D eigenvalue weighted by atomic mass is 16.2. The lowest BCUT2D eigenvalue weighted by Crippen LogP contribution is -2.38. The fourth-order valence-electron chi connectivity index (χ4n) is 3.92. The molecule has 1 saturated heterocycles. The molecule has 1 fully saturated rings. The SMILES string of the molecule is Cc1cc(NC(=O)C2CCN(c3cc(-n4cncn4)ncn3)CC2)n(-c2ccccc2)n1. The Morgan fingerprint density at radius 3 is 2.56 bits per heavy atom. The number of amides is 1. The summed E-state index contributed by atoms with van der Waals surface area (Å²) in [4.78, 5) is 27.8. The standard InChI is InChI=1S/C22H23N9O/c1-16-11-21(31(28-16)18-5-3-2-4-6-18)27-22(32)17-7-9-29(10-8-17)19-12-20(25-14-24-19)30-15-23-13-26-30/h2-6,11-15,17H,7-10H2,1H3,(H,27,32). The van der Waals surface area contributed by atoms with Crippen LogP contribution in [0.25, 0.3) is 11.5 Å². The first-order valence-corrected chi connectivity index (χ1v) is 10.5. The summed E-state index contributed by atoms with van der Waals surface area (Å²) >= 11 is 0. The van der Waals surface area contributed by atoms with Crippen LogP contribution in [0.2, 0.25) is 0 Å². The van der Waals surface area contributed by atoms with Gasteiger partial charge in [0.1, 0.15) is 30.6 Å². The van der Waals surface area contributed by atoms with E-state index in [0.29, 0.717) is 11.6 Å². The molecule has 1 aliphatic heterocycles. The van der Waals surface area contributed by atoms with E-state index < -0.39 is 0 Å². The van der Waals surface area contributed by atoms with Gasteiger partial charge in [-0.2, -0.15) is 10.2 Å². The molecule has 0 radical (unpaired) electrons. The van der Waals surface area contributed by atoms with Crippen LogP contribution in [0.5, 0.6) is 0 Å². The number of carbonyl (C=O) groups is 1. The molecule has 162 valence electrons. The van der Waals surface area contributed by atoms with Crippen LogP contribution in [-0.4, -0.2) is 53.5 Å². The highest BCUT2D eigenvalue weighted by molar-refractivity contribution is 5.92. The molecule has 5 rings (SSSR count). The molecule has 1 N–H and O–H groups in total. The molecule has 1 aromatic carbocycles. The van der Waals surface area contributed by atoms with Crippen molar-refractivity contribution in [1.82, 2.24) is 34.5 Å². The number of hydrogen-bond donors (Lipinski definition) is 1. The zero-order chi connectivity index (χ0) is 21.9. The first kappa shape index (κ1) is 19.9. The summed E-state index contributed by atoms with van der Waals surface area (Å²) in [5.74, 6) is 2.13. The Morgan fingerprint density at radius 1 is 1.03 bits per heavy atom. The molecule has 0 atom stereocenters. The Bertz CT molecular complexity index is 1200. The first-order valence-electron chi connectivity index (χ1n) is 10.5. The largest absolute Gasteiger partial charge is 0.356 e. The lowest BCUT2D eigenvalue weighted by Gasteiger charge is -2.32. The van der Waals surface area contributed by atoms with Gasteiger partial charge < -0.3 is 10.2 Å². The monoisotopic (exact) mass is 429 g/mol. The molecule has 10 nitrogen and oxygen atoms in total. The number of aromatic nitrogens is 7. The van der Waals surface area contributed by atoms with Gasteiger partial charge in [0.2, 0.25) is 5.91 Å². The van der Waals surface area contributed by atoms with Crippen LogP contribution >= 0.6 is 0 Å². The van der Waals surface area contributed by atoms with Crippen LogP contribution < -0.4 is 10.2 Å². The predicted molar refractivity (Wildman–Crippen MR) is 119 cm³/mol. The molecule has 32 heavy (non-hydrogen) atoms. The molecule has 0 unspecified atom stereocenters. The average Bonchev–Trinajstić information content (AvgIpc) is 3.50. The second kappa shape index (κ2) is 8.58. The van der Waals surface area contributed by atoms with Gasteiger partial charge >= 0.3 is 0 Å². The number of para-hydroxylation sites is 1. The van der Waals surface area contributed by atoms with Crippen molar-refractivity contribution in [2.45, 2.75) is 19.8 Å². The number of aryl methyl sites for hydroxylation is 1. The number of nitrogens with one attached hydrogen (secondary N) is 1. The highest BCUT2D eigenvalue weighted by Crippen LogP contribution is 2.25. The van der Waals surface area contributed by atoms with Crippen molar-refractivity contribution < 1.29 is 4.79 Å². The van der Waals surface area contributed by atoms with E-state index in [4.69, 9.17) is 0 Å². The van der Waals surface area contributed by atoms with Gasteiger partial charge in [0, 0.05) is 31.1 Å². The van der Waals surface area contributed by atoms with Crippen LogP contribution in [0, 0.1) is 12.8 Å². The molecule has 0 saturated carbocycles. The number of nitrogens with zero attached hydrogens (tertiary/aromatic N) is 8. The van der Waals surface area contributed by atoms with Crippen molar-refractivity contribution in [3.8, 4) is 11.5 Å². The molecule has 1 amide bonds. The number of rotatable bonds is 5. The number of benzene rings is 1. The van der Waals surface area contributed by atoms with E-state index >= 15 is 0 Å². The molecule has 0 spiro atoms. The van der Waals surface area contributed by atoms with Crippen LogP contribution in [0.4, 0.5) is 11.6 Å². The maximum atomic E-state index is 13.0. The van der Waals surface area contributed by atoms with Crippen molar-refractivity contribution in [3.63, 3.8) is 0 Å². The molecular weight excluding hydrogens is 406 g/mol. The normalized spacial score (nSPS) is 14.5. The van der Waals surface area contributed by atoms with Gasteiger partial charge in [0.25, 0.3) is 0 Å². The highest BCUT2D eigenvalue weighted by Gasteiger charge is 2.27.